The summed E-state index contributed by atoms with van der Waals surface area (Å²) >= 11 is 0. The molecular formula is C14H21NO3. The fraction of sp³-hybridized carbons (Fsp3) is 0.500. The number of carbonyl (C=O) groups is 1. The highest BCUT2D eigenvalue weighted by Gasteiger charge is 2.10. The van der Waals surface area contributed by atoms with Gasteiger partial charge >= 0.3 is 5.97 Å². The van der Waals surface area contributed by atoms with Gasteiger partial charge in [0.25, 0.3) is 0 Å². The predicted molar refractivity (Wildman–Crippen MR) is 72.1 cm³/mol. The molecule has 100 valence electrons. The molecule has 0 heterocycles. The zero-order valence-electron chi connectivity index (χ0n) is 11.1. The molecule has 0 saturated heterocycles. The number of carboxylic acid groups (broad SMARTS) is 1. The predicted octanol–water partition coefficient (Wildman–Crippen LogP) is 2.31. The molecule has 0 atom stereocenters. The van der Waals surface area contributed by atoms with Crippen LogP contribution in [0.15, 0.2) is 24.3 Å². The minimum Gasteiger partial charge on any atom is -0.480 e. The van der Waals surface area contributed by atoms with Crippen LogP contribution in [0.25, 0.3) is 0 Å². The van der Waals surface area contributed by atoms with Crippen LogP contribution in [-0.4, -0.2) is 37.4 Å². The van der Waals surface area contributed by atoms with Crippen LogP contribution in [0.5, 0.6) is 0 Å². The van der Waals surface area contributed by atoms with Gasteiger partial charge < -0.3 is 14.7 Å². The molecule has 1 N–H and O–H groups in total. The minimum atomic E-state index is -0.813. The van der Waals surface area contributed by atoms with E-state index in [0.29, 0.717) is 19.8 Å². The second-order valence-electron chi connectivity index (χ2n) is 4.20. The second-order valence-corrected chi connectivity index (χ2v) is 4.20. The van der Waals surface area contributed by atoms with Crippen LogP contribution in [-0.2, 0) is 9.53 Å². The molecule has 0 saturated carbocycles. The first-order chi connectivity index (χ1) is 8.63. The van der Waals surface area contributed by atoms with E-state index in [1.807, 2.05) is 43.0 Å². The summed E-state index contributed by atoms with van der Waals surface area (Å²) in [6, 6.07) is 7.90. The number of carboxylic acids is 1. The van der Waals surface area contributed by atoms with Gasteiger partial charge in [-0.3, -0.25) is 4.79 Å². The molecule has 0 aliphatic rings. The molecule has 0 aromatic heterocycles. The van der Waals surface area contributed by atoms with E-state index in [-0.39, 0.29) is 6.54 Å². The van der Waals surface area contributed by atoms with Gasteiger partial charge in [0.1, 0.15) is 6.54 Å². The smallest absolute Gasteiger partial charge is 0.323 e. The molecule has 0 amide bonds. The Morgan fingerprint density at radius 3 is 2.56 bits per heavy atom. The summed E-state index contributed by atoms with van der Waals surface area (Å²) in [5.74, 6) is -0.813. The zero-order valence-corrected chi connectivity index (χ0v) is 11.1. The number of rotatable bonds is 8. The largest absolute Gasteiger partial charge is 0.480 e. The van der Waals surface area contributed by atoms with Gasteiger partial charge in [-0.25, -0.2) is 0 Å². The van der Waals surface area contributed by atoms with Gasteiger partial charge in [-0.1, -0.05) is 17.7 Å². The summed E-state index contributed by atoms with van der Waals surface area (Å²) in [6.45, 7) is 6.04. The molecule has 1 aromatic rings. The maximum atomic E-state index is 10.9. The fourth-order valence-electron chi connectivity index (χ4n) is 1.72. The van der Waals surface area contributed by atoms with E-state index < -0.39 is 5.97 Å². The molecule has 0 aliphatic carbocycles. The van der Waals surface area contributed by atoms with Gasteiger partial charge in [0.15, 0.2) is 0 Å². The van der Waals surface area contributed by atoms with E-state index in [1.54, 1.807) is 0 Å². The molecule has 0 spiro atoms. The number of aliphatic carboxylic acids is 1. The first-order valence-electron chi connectivity index (χ1n) is 6.24. The van der Waals surface area contributed by atoms with E-state index in [1.165, 1.54) is 5.56 Å². The maximum absolute atomic E-state index is 10.9. The third-order valence-electron chi connectivity index (χ3n) is 2.65. The Balaban J connectivity index is 2.59. The molecule has 0 bridgehead atoms. The average Bonchev–Trinajstić information content (AvgIpc) is 2.34. The van der Waals surface area contributed by atoms with Gasteiger partial charge in [-0.15, -0.1) is 0 Å². The quantitative estimate of drug-likeness (QED) is 0.720. The number of aryl methyl sites for hydroxylation is 1. The summed E-state index contributed by atoms with van der Waals surface area (Å²) in [4.78, 5) is 12.7. The Bertz CT molecular complexity index is 362. The number of benzene rings is 1. The third-order valence-corrected chi connectivity index (χ3v) is 2.65. The van der Waals surface area contributed by atoms with Crippen LogP contribution in [0.3, 0.4) is 0 Å². The van der Waals surface area contributed by atoms with Gasteiger partial charge in [-0.05, 0) is 32.4 Å². The van der Waals surface area contributed by atoms with Crippen LogP contribution in [0.4, 0.5) is 5.69 Å². The van der Waals surface area contributed by atoms with Crippen molar-refractivity contribution in [2.45, 2.75) is 20.3 Å². The van der Waals surface area contributed by atoms with Crippen LogP contribution in [0, 0.1) is 6.92 Å². The van der Waals surface area contributed by atoms with Gasteiger partial charge in [0.05, 0.1) is 0 Å². The average molecular weight is 251 g/mol. The third kappa shape index (κ3) is 5.19. The molecule has 4 nitrogen and oxygen atoms in total. The highest BCUT2D eigenvalue weighted by molar-refractivity contribution is 5.73. The highest BCUT2D eigenvalue weighted by atomic mass is 16.5. The van der Waals surface area contributed by atoms with Crippen LogP contribution >= 0.6 is 0 Å². The molecule has 1 aromatic carbocycles. The van der Waals surface area contributed by atoms with Crippen molar-refractivity contribution in [1.29, 1.82) is 0 Å². The number of hydrogen-bond acceptors (Lipinski definition) is 3. The van der Waals surface area contributed by atoms with Crippen LogP contribution < -0.4 is 4.90 Å². The first kappa shape index (κ1) is 14.5. The first-order valence-corrected chi connectivity index (χ1v) is 6.24. The highest BCUT2D eigenvalue weighted by Crippen LogP contribution is 2.15. The van der Waals surface area contributed by atoms with E-state index in [2.05, 4.69) is 0 Å². The van der Waals surface area contributed by atoms with Gasteiger partial charge in [-0.2, -0.15) is 0 Å². The van der Waals surface area contributed by atoms with Crippen molar-refractivity contribution in [3.8, 4) is 0 Å². The lowest BCUT2D eigenvalue weighted by atomic mass is 10.2. The van der Waals surface area contributed by atoms with Crippen molar-refractivity contribution in [3.63, 3.8) is 0 Å². The standard InChI is InChI=1S/C14H21NO3/c1-3-18-10-4-9-15(11-14(16)17)13-7-5-12(2)6-8-13/h5-8H,3-4,9-11H2,1-2H3,(H,16,17). The van der Waals surface area contributed by atoms with Crippen molar-refractivity contribution in [1.82, 2.24) is 0 Å². The lowest BCUT2D eigenvalue weighted by Crippen LogP contribution is -2.31. The normalized spacial score (nSPS) is 10.3. The maximum Gasteiger partial charge on any atom is 0.323 e. The van der Waals surface area contributed by atoms with Crippen molar-refractivity contribution in [2.24, 2.45) is 0 Å². The van der Waals surface area contributed by atoms with Crippen LogP contribution in [0.2, 0.25) is 0 Å². The number of ether oxygens (including phenoxy) is 1. The lowest BCUT2D eigenvalue weighted by molar-refractivity contribution is -0.135. The van der Waals surface area contributed by atoms with Crippen molar-refractivity contribution in [3.05, 3.63) is 29.8 Å². The molecule has 0 fully saturated rings. The Hall–Kier alpha value is -1.55. The second kappa shape index (κ2) is 7.71. The number of anilines is 1. The summed E-state index contributed by atoms with van der Waals surface area (Å²) in [5.41, 5.74) is 2.11. The molecule has 4 heteroatoms. The van der Waals surface area contributed by atoms with Crippen molar-refractivity contribution in [2.75, 3.05) is 31.2 Å². The van der Waals surface area contributed by atoms with E-state index in [9.17, 15) is 4.79 Å². The molecule has 18 heavy (non-hydrogen) atoms. The number of nitrogens with zero attached hydrogens (tertiary/aromatic N) is 1. The van der Waals surface area contributed by atoms with Crippen LogP contribution in [0.1, 0.15) is 18.9 Å². The zero-order chi connectivity index (χ0) is 13.4. The molecular weight excluding hydrogens is 230 g/mol. The Morgan fingerprint density at radius 2 is 2.00 bits per heavy atom. The van der Waals surface area contributed by atoms with Crippen molar-refractivity contribution >= 4 is 11.7 Å². The molecule has 0 radical (unpaired) electrons. The van der Waals surface area contributed by atoms with E-state index >= 15 is 0 Å². The lowest BCUT2D eigenvalue weighted by Gasteiger charge is -2.23. The minimum absolute atomic E-state index is 0.0230. The van der Waals surface area contributed by atoms with Crippen molar-refractivity contribution < 1.29 is 14.6 Å². The van der Waals surface area contributed by atoms with Gasteiger partial charge in [0.2, 0.25) is 0 Å². The fourth-order valence-corrected chi connectivity index (χ4v) is 1.72. The summed E-state index contributed by atoms with van der Waals surface area (Å²) < 4.78 is 5.27. The summed E-state index contributed by atoms with van der Waals surface area (Å²) in [6.07, 6.45) is 0.828. The van der Waals surface area contributed by atoms with Gasteiger partial charge in [0, 0.05) is 25.4 Å². The molecule has 0 unspecified atom stereocenters. The Morgan fingerprint density at radius 1 is 1.33 bits per heavy atom. The molecule has 1 rings (SSSR count). The monoisotopic (exact) mass is 251 g/mol. The topological polar surface area (TPSA) is 49.8 Å². The van der Waals surface area contributed by atoms with E-state index in [4.69, 9.17) is 9.84 Å². The Kier molecular flexibility index (Phi) is 6.22. The SMILES string of the molecule is CCOCCCN(CC(=O)O)c1ccc(C)cc1. The van der Waals surface area contributed by atoms with E-state index in [0.717, 1.165) is 12.1 Å². The summed E-state index contributed by atoms with van der Waals surface area (Å²) in [5, 5.41) is 8.93. The molecule has 0 aliphatic heterocycles. The Labute approximate surface area is 108 Å². The summed E-state index contributed by atoms with van der Waals surface area (Å²) in [7, 11) is 0. The number of hydrogen-bond donors (Lipinski definition) is 1.